The number of nitrogens with zero attached hydrogens (tertiary/aromatic N) is 2. The quantitative estimate of drug-likeness (QED) is 0.747. The Kier molecular flexibility index (Phi) is 8.08. The van der Waals surface area contributed by atoms with Crippen LogP contribution < -0.4 is 0 Å². The fraction of sp³-hybridized carbons (Fsp3) is 0.765. The molecule has 0 amide bonds. The number of hydrogen-bond donors (Lipinski definition) is 0. The molecule has 0 aromatic rings. The third-order valence-corrected chi connectivity index (χ3v) is 3.91. The second-order valence-corrected chi connectivity index (χ2v) is 5.62. The van der Waals surface area contributed by atoms with Crippen molar-refractivity contribution in [2.75, 3.05) is 39.8 Å². The standard InChI is InChI=1S/C15H26N2.C2H6/c1-14-5-7-15(8-6-14)13-16(2)11-12-17-9-3-4-10-17;1-2/h5,7H,3-4,6,8-13H2,1-2H3;1-2H3. The number of likely N-dealkylation sites (tertiary alicyclic amines) is 1. The molecule has 0 aromatic heterocycles. The van der Waals surface area contributed by atoms with E-state index in [4.69, 9.17) is 0 Å². The molecule has 1 heterocycles. The van der Waals surface area contributed by atoms with Gasteiger partial charge in [-0.3, -0.25) is 0 Å². The zero-order valence-electron chi connectivity index (χ0n) is 13.4. The monoisotopic (exact) mass is 264 g/mol. The highest BCUT2D eigenvalue weighted by molar-refractivity contribution is 5.23. The maximum Gasteiger partial charge on any atom is 0.0193 e. The molecule has 0 radical (unpaired) electrons. The molecule has 0 atom stereocenters. The van der Waals surface area contributed by atoms with Crippen LogP contribution in [0.3, 0.4) is 0 Å². The SMILES string of the molecule is CC.CC1=CC=C(CN(C)CCN2CCCC2)CC1. The van der Waals surface area contributed by atoms with Crippen molar-refractivity contribution in [3.63, 3.8) is 0 Å². The maximum absolute atomic E-state index is 2.59. The molecule has 0 unspecified atom stereocenters. The van der Waals surface area contributed by atoms with Crippen molar-refractivity contribution < 1.29 is 0 Å². The summed E-state index contributed by atoms with van der Waals surface area (Å²) in [7, 11) is 2.25. The lowest BCUT2D eigenvalue weighted by Crippen LogP contribution is -2.32. The normalized spacial score (nSPS) is 19.8. The number of likely N-dealkylation sites (N-methyl/N-ethyl adjacent to an activating group) is 1. The topological polar surface area (TPSA) is 6.48 Å². The van der Waals surface area contributed by atoms with Gasteiger partial charge in [0.25, 0.3) is 0 Å². The summed E-state index contributed by atoms with van der Waals surface area (Å²) in [5.74, 6) is 0. The molecule has 0 N–H and O–H groups in total. The molecule has 19 heavy (non-hydrogen) atoms. The molecule has 1 saturated heterocycles. The van der Waals surface area contributed by atoms with Crippen LogP contribution in [0.4, 0.5) is 0 Å². The average molecular weight is 264 g/mol. The van der Waals surface area contributed by atoms with Crippen LogP contribution in [0, 0.1) is 0 Å². The van der Waals surface area contributed by atoms with Crippen molar-refractivity contribution in [2.45, 2.75) is 46.5 Å². The van der Waals surface area contributed by atoms with E-state index >= 15 is 0 Å². The highest BCUT2D eigenvalue weighted by atomic mass is 15.2. The summed E-state index contributed by atoms with van der Waals surface area (Å²) >= 11 is 0. The van der Waals surface area contributed by atoms with Crippen LogP contribution in [0.15, 0.2) is 23.3 Å². The molecule has 1 aliphatic heterocycles. The Morgan fingerprint density at radius 2 is 1.79 bits per heavy atom. The lowest BCUT2D eigenvalue weighted by atomic mass is 9.99. The summed E-state index contributed by atoms with van der Waals surface area (Å²) in [4.78, 5) is 5.06. The van der Waals surface area contributed by atoms with Crippen molar-refractivity contribution in [1.29, 1.82) is 0 Å². The van der Waals surface area contributed by atoms with E-state index in [0.29, 0.717) is 0 Å². The molecule has 2 heteroatoms. The van der Waals surface area contributed by atoms with Crippen LogP contribution in [0.5, 0.6) is 0 Å². The van der Waals surface area contributed by atoms with Crippen LogP contribution in [-0.2, 0) is 0 Å². The summed E-state index contributed by atoms with van der Waals surface area (Å²) in [6.07, 6.45) is 9.93. The van der Waals surface area contributed by atoms with Crippen molar-refractivity contribution >= 4 is 0 Å². The predicted molar refractivity (Wildman–Crippen MR) is 85.6 cm³/mol. The largest absolute Gasteiger partial charge is 0.302 e. The molecule has 1 aliphatic carbocycles. The van der Waals surface area contributed by atoms with Crippen LogP contribution in [0.25, 0.3) is 0 Å². The van der Waals surface area contributed by atoms with E-state index in [9.17, 15) is 0 Å². The lowest BCUT2D eigenvalue weighted by molar-refractivity contribution is 0.267. The lowest BCUT2D eigenvalue weighted by Gasteiger charge is -2.23. The molecule has 2 nitrogen and oxygen atoms in total. The molecular formula is C17H32N2. The Labute approximate surface area is 120 Å². The van der Waals surface area contributed by atoms with Crippen LogP contribution >= 0.6 is 0 Å². The summed E-state index contributed by atoms with van der Waals surface area (Å²) < 4.78 is 0. The van der Waals surface area contributed by atoms with Gasteiger partial charge < -0.3 is 9.80 Å². The van der Waals surface area contributed by atoms with Crippen molar-refractivity contribution in [2.24, 2.45) is 0 Å². The number of rotatable bonds is 5. The summed E-state index contributed by atoms with van der Waals surface area (Å²) in [6, 6.07) is 0. The fourth-order valence-corrected chi connectivity index (χ4v) is 2.66. The minimum absolute atomic E-state index is 1.15. The molecule has 0 spiro atoms. The van der Waals surface area contributed by atoms with E-state index in [1.807, 2.05) is 13.8 Å². The minimum atomic E-state index is 1.15. The first-order valence-electron chi connectivity index (χ1n) is 8.00. The highest BCUT2D eigenvalue weighted by Gasteiger charge is 2.12. The molecular weight excluding hydrogens is 232 g/mol. The van der Waals surface area contributed by atoms with Gasteiger partial charge in [0.1, 0.15) is 0 Å². The van der Waals surface area contributed by atoms with Crippen molar-refractivity contribution in [3.05, 3.63) is 23.3 Å². The summed E-state index contributed by atoms with van der Waals surface area (Å²) in [6.45, 7) is 12.5. The van der Waals surface area contributed by atoms with Gasteiger partial charge in [-0.2, -0.15) is 0 Å². The number of allylic oxidation sites excluding steroid dienone is 3. The molecule has 2 rings (SSSR count). The summed E-state index contributed by atoms with van der Waals surface area (Å²) in [5, 5.41) is 0. The van der Waals surface area contributed by atoms with E-state index < -0.39 is 0 Å². The van der Waals surface area contributed by atoms with Gasteiger partial charge in [-0.25, -0.2) is 0 Å². The summed E-state index contributed by atoms with van der Waals surface area (Å²) in [5.41, 5.74) is 3.12. The molecule has 0 saturated carbocycles. The van der Waals surface area contributed by atoms with E-state index in [0.717, 1.165) is 6.54 Å². The smallest absolute Gasteiger partial charge is 0.0193 e. The molecule has 1 fully saturated rings. The van der Waals surface area contributed by atoms with Gasteiger partial charge in [0, 0.05) is 19.6 Å². The third kappa shape index (κ3) is 6.40. The molecule has 110 valence electrons. The van der Waals surface area contributed by atoms with Crippen LogP contribution in [-0.4, -0.2) is 49.6 Å². The predicted octanol–water partition coefficient (Wildman–Crippen LogP) is 3.71. The second-order valence-electron chi connectivity index (χ2n) is 5.62. The van der Waals surface area contributed by atoms with Gasteiger partial charge in [-0.1, -0.05) is 37.1 Å². The van der Waals surface area contributed by atoms with Gasteiger partial charge in [0.15, 0.2) is 0 Å². The Balaban J connectivity index is 0.000000861. The minimum Gasteiger partial charge on any atom is -0.302 e. The van der Waals surface area contributed by atoms with Gasteiger partial charge in [-0.05, 0) is 52.7 Å². The van der Waals surface area contributed by atoms with E-state index in [-0.39, 0.29) is 0 Å². The van der Waals surface area contributed by atoms with Gasteiger partial charge in [0.2, 0.25) is 0 Å². The Morgan fingerprint density at radius 1 is 1.11 bits per heavy atom. The Morgan fingerprint density at radius 3 is 2.37 bits per heavy atom. The first-order chi connectivity index (χ1) is 9.24. The molecule has 0 aromatic carbocycles. The first-order valence-corrected chi connectivity index (χ1v) is 8.00. The first kappa shape index (κ1) is 16.5. The highest BCUT2D eigenvalue weighted by Crippen LogP contribution is 2.18. The zero-order chi connectivity index (χ0) is 14.1. The second kappa shape index (κ2) is 9.33. The zero-order valence-corrected chi connectivity index (χ0v) is 13.4. The Hall–Kier alpha value is -0.600. The number of hydrogen-bond acceptors (Lipinski definition) is 2. The Bertz CT molecular complexity index is 298. The maximum atomic E-state index is 2.59. The van der Waals surface area contributed by atoms with E-state index in [2.05, 4.69) is 35.9 Å². The molecule has 0 bridgehead atoms. The van der Waals surface area contributed by atoms with Crippen molar-refractivity contribution in [1.82, 2.24) is 9.80 Å². The van der Waals surface area contributed by atoms with Gasteiger partial charge in [-0.15, -0.1) is 0 Å². The third-order valence-electron chi connectivity index (χ3n) is 3.91. The van der Waals surface area contributed by atoms with Gasteiger partial charge >= 0.3 is 0 Å². The molecule has 2 aliphatic rings. The van der Waals surface area contributed by atoms with E-state index in [1.165, 1.54) is 57.4 Å². The fourth-order valence-electron chi connectivity index (χ4n) is 2.66. The van der Waals surface area contributed by atoms with Gasteiger partial charge in [0.05, 0.1) is 0 Å². The van der Waals surface area contributed by atoms with Crippen molar-refractivity contribution in [3.8, 4) is 0 Å². The van der Waals surface area contributed by atoms with Crippen LogP contribution in [0.1, 0.15) is 46.5 Å². The average Bonchev–Trinajstić information content (AvgIpc) is 2.95. The van der Waals surface area contributed by atoms with Crippen LogP contribution in [0.2, 0.25) is 0 Å². The van der Waals surface area contributed by atoms with E-state index in [1.54, 1.807) is 5.57 Å².